The number of aromatic nitrogens is 1. The second kappa shape index (κ2) is 12.5. The SMILES string of the molecule is O=C(O)CCNC(=O)c1ccc(CN(c2ccc3c(c2)CCC3)c2nc(C3=COC=C(C4=CC=CC(F)(F)C4(F)F)O3)cs2)cc1. The normalized spacial score (nSPS) is 17.5. The number of thiazole rings is 1. The van der Waals surface area contributed by atoms with E-state index in [1.165, 1.54) is 22.5 Å². The molecule has 1 aliphatic heterocycles. The Kier molecular flexibility index (Phi) is 8.43. The molecule has 8 nitrogen and oxygen atoms in total. The molecular weight excluding hydrogens is 626 g/mol. The topological polar surface area (TPSA) is 101 Å². The van der Waals surface area contributed by atoms with Gasteiger partial charge in [0.05, 0.1) is 18.5 Å². The third kappa shape index (κ3) is 6.27. The van der Waals surface area contributed by atoms with Crippen LogP contribution >= 0.6 is 11.3 Å². The van der Waals surface area contributed by atoms with Crippen LogP contribution < -0.4 is 10.2 Å². The predicted molar refractivity (Wildman–Crippen MR) is 163 cm³/mol. The van der Waals surface area contributed by atoms with Crippen molar-refractivity contribution in [2.75, 3.05) is 11.4 Å². The molecule has 3 aromatic rings. The largest absolute Gasteiger partial charge is 0.481 e. The number of hydrogen-bond donors (Lipinski definition) is 2. The molecule has 0 saturated heterocycles. The highest BCUT2D eigenvalue weighted by atomic mass is 32.1. The number of carbonyl (C=O) groups is 2. The monoisotopic (exact) mass is 653 g/mol. The molecule has 0 unspecified atom stereocenters. The van der Waals surface area contributed by atoms with E-state index in [4.69, 9.17) is 19.6 Å². The zero-order valence-electron chi connectivity index (χ0n) is 24.1. The van der Waals surface area contributed by atoms with Crippen LogP contribution in [0.25, 0.3) is 5.76 Å². The van der Waals surface area contributed by atoms with E-state index in [0.717, 1.165) is 55.2 Å². The number of aliphatic carboxylic acids is 1. The minimum Gasteiger partial charge on any atom is -0.481 e. The van der Waals surface area contributed by atoms with Crippen LogP contribution in [0.3, 0.4) is 0 Å². The zero-order valence-corrected chi connectivity index (χ0v) is 25.0. The van der Waals surface area contributed by atoms with Gasteiger partial charge in [-0.05, 0) is 72.4 Å². The summed E-state index contributed by atoms with van der Waals surface area (Å²) in [6.07, 6.45) is 6.71. The fourth-order valence-electron chi connectivity index (χ4n) is 5.27. The van der Waals surface area contributed by atoms with Gasteiger partial charge in [-0.15, -0.1) is 11.3 Å². The van der Waals surface area contributed by atoms with Gasteiger partial charge < -0.3 is 24.8 Å². The molecule has 2 aromatic carbocycles. The maximum Gasteiger partial charge on any atom is 0.342 e. The number of fused-ring (bicyclic) bond motifs is 1. The number of alkyl halides is 4. The molecule has 2 N–H and O–H groups in total. The number of carbonyl (C=O) groups excluding carboxylic acids is 1. The van der Waals surface area contributed by atoms with Crippen molar-refractivity contribution in [3.63, 3.8) is 0 Å². The maximum atomic E-state index is 14.6. The van der Waals surface area contributed by atoms with Gasteiger partial charge in [-0.1, -0.05) is 24.3 Å². The van der Waals surface area contributed by atoms with Crippen molar-refractivity contribution in [2.45, 2.75) is 44.1 Å². The smallest absolute Gasteiger partial charge is 0.342 e. The lowest BCUT2D eigenvalue weighted by Gasteiger charge is -2.30. The minimum absolute atomic E-state index is 0.0143. The maximum absolute atomic E-state index is 14.6. The van der Waals surface area contributed by atoms with Crippen molar-refractivity contribution in [2.24, 2.45) is 0 Å². The standard InChI is InChI=1S/C33H27F4N3O5S/c34-32(35)13-2-5-25(33(32,36)37)27-17-44-18-28(45-27)26-19-46-31(39-26)40(24-11-10-21-3-1-4-23(21)15-24)16-20-6-8-22(9-7-20)30(43)38-14-12-29(41)42/h2,5-11,13,15,17-19H,1,3-4,12,14,16H2,(H,38,43)(H,41,42). The molecule has 46 heavy (non-hydrogen) atoms. The average Bonchev–Trinajstić information content (AvgIpc) is 3.71. The lowest BCUT2D eigenvalue weighted by Crippen LogP contribution is -2.42. The van der Waals surface area contributed by atoms with Gasteiger partial charge in [-0.25, -0.2) is 4.98 Å². The zero-order chi connectivity index (χ0) is 32.5. The molecule has 0 atom stereocenters. The Hall–Kier alpha value is -4.91. The van der Waals surface area contributed by atoms with E-state index in [1.807, 2.05) is 11.0 Å². The van der Waals surface area contributed by atoms with Gasteiger partial charge in [0.15, 0.2) is 16.6 Å². The number of carboxylic acid groups (broad SMARTS) is 1. The quantitative estimate of drug-likeness (QED) is 0.225. The highest BCUT2D eigenvalue weighted by Gasteiger charge is 2.59. The van der Waals surface area contributed by atoms with Crippen LogP contribution in [-0.2, 0) is 33.7 Å². The number of ether oxygens (including phenoxy) is 2. The average molecular weight is 654 g/mol. The summed E-state index contributed by atoms with van der Waals surface area (Å²) < 4.78 is 68.0. The number of halogens is 4. The molecule has 13 heteroatoms. The van der Waals surface area contributed by atoms with E-state index >= 15 is 0 Å². The summed E-state index contributed by atoms with van der Waals surface area (Å²) in [5, 5.41) is 13.6. The van der Waals surface area contributed by atoms with Crippen LogP contribution in [0.1, 0.15) is 45.6 Å². The molecule has 0 bridgehead atoms. The molecule has 0 radical (unpaired) electrons. The third-order valence-corrected chi connectivity index (χ3v) is 8.57. The highest BCUT2D eigenvalue weighted by molar-refractivity contribution is 7.13. The van der Waals surface area contributed by atoms with Gasteiger partial charge in [0.2, 0.25) is 0 Å². The Bertz CT molecular complexity index is 1800. The third-order valence-electron chi connectivity index (χ3n) is 7.71. The van der Waals surface area contributed by atoms with Gasteiger partial charge in [-0.3, -0.25) is 9.59 Å². The Balaban J connectivity index is 1.24. The van der Waals surface area contributed by atoms with Crippen molar-refractivity contribution < 1.29 is 41.7 Å². The summed E-state index contributed by atoms with van der Waals surface area (Å²) >= 11 is 1.27. The van der Waals surface area contributed by atoms with E-state index in [2.05, 4.69) is 17.4 Å². The Labute approximate surface area is 265 Å². The van der Waals surface area contributed by atoms with Crippen LogP contribution in [0.2, 0.25) is 0 Å². The van der Waals surface area contributed by atoms with Gasteiger partial charge in [0, 0.05) is 23.2 Å². The van der Waals surface area contributed by atoms with Crippen molar-refractivity contribution in [3.8, 4) is 0 Å². The molecule has 1 amide bonds. The predicted octanol–water partition coefficient (Wildman–Crippen LogP) is 7.13. The Morgan fingerprint density at radius 3 is 2.57 bits per heavy atom. The number of rotatable bonds is 10. The summed E-state index contributed by atoms with van der Waals surface area (Å²) in [5.41, 5.74) is 3.86. The van der Waals surface area contributed by atoms with Crippen LogP contribution in [0.4, 0.5) is 28.4 Å². The molecule has 0 fully saturated rings. The van der Waals surface area contributed by atoms with Gasteiger partial charge >= 0.3 is 17.8 Å². The molecule has 0 saturated carbocycles. The van der Waals surface area contributed by atoms with Crippen LogP contribution in [0.5, 0.6) is 0 Å². The molecule has 3 aliphatic rings. The van der Waals surface area contributed by atoms with E-state index < -0.39 is 29.1 Å². The number of amides is 1. The van der Waals surface area contributed by atoms with Crippen LogP contribution in [0, 0.1) is 0 Å². The fraction of sp³-hybridized carbons (Fsp3) is 0.242. The second-order valence-electron chi connectivity index (χ2n) is 10.8. The van der Waals surface area contributed by atoms with Crippen molar-refractivity contribution in [1.29, 1.82) is 0 Å². The first-order valence-corrected chi connectivity index (χ1v) is 15.2. The molecular formula is C33H27F4N3O5S. The van der Waals surface area contributed by atoms with Crippen molar-refractivity contribution in [1.82, 2.24) is 10.3 Å². The number of nitrogens with zero attached hydrogens (tertiary/aromatic N) is 2. The van der Waals surface area contributed by atoms with Crippen LogP contribution in [-0.4, -0.2) is 40.4 Å². The first-order chi connectivity index (χ1) is 22.0. The molecule has 6 rings (SSSR count). The lowest BCUT2D eigenvalue weighted by atomic mass is 9.95. The summed E-state index contributed by atoms with van der Waals surface area (Å²) in [6, 6.07) is 13.1. The number of aryl methyl sites for hydroxylation is 2. The Morgan fingerprint density at radius 2 is 1.78 bits per heavy atom. The van der Waals surface area contributed by atoms with Crippen LogP contribution in [0.15, 0.2) is 89.9 Å². The number of carboxylic acids is 1. The number of hydrogen-bond acceptors (Lipinski definition) is 7. The summed E-state index contributed by atoms with van der Waals surface area (Å²) in [6.45, 7) is 0.370. The molecule has 0 spiro atoms. The first kappa shape index (κ1) is 31.1. The highest BCUT2D eigenvalue weighted by Crippen LogP contribution is 2.47. The van der Waals surface area contributed by atoms with E-state index in [0.29, 0.717) is 17.2 Å². The van der Waals surface area contributed by atoms with E-state index in [1.54, 1.807) is 29.6 Å². The number of benzene rings is 2. The van der Waals surface area contributed by atoms with Gasteiger partial charge in [-0.2, -0.15) is 17.6 Å². The number of anilines is 2. The second-order valence-corrected chi connectivity index (χ2v) is 11.7. The first-order valence-electron chi connectivity index (χ1n) is 14.4. The number of allylic oxidation sites excluding steroid dienone is 4. The molecule has 238 valence electrons. The summed E-state index contributed by atoms with van der Waals surface area (Å²) in [4.78, 5) is 29.8. The van der Waals surface area contributed by atoms with Gasteiger partial charge in [0.1, 0.15) is 18.2 Å². The van der Waals surface area contributed by atoms with Crippen molar-refractivity contribution >= 4 is 39.8 Å². The van der Waals surface area contributed by atoms with E-state index in [9.17, 15) is 27.2 Å². The minimum atomic E-state index is -4.51. The lowest BCUT2D eigenvalue weighted by molar-refractivity contribution is -0.156. The fourth-order valence-corrected chi connectivity index (χ4v) is 6.11. The summed E-state index contributed by atoms with van der Waals surface area (Å²) in [5.74, 6) is -10.9. The molecule has 2 aliphatic carbocycles. The van der Waals surface area contributed by atoms with Gasteiger partial charge in [0.25, 0.3) is 5.91 Å². The summed E-state index contributed by atoms with van der Waals surface area (Å²) in [7, 11) is 0. The molecule has 1 aromatic heterocycles. The van der Waals surface area contributed by atoms with Crippen molar-refractivity contribution in [3.05, 3.63) is 118 Å². The molecule has 2 heterocycles. The van der Waals surface area contributed by atoms with E-state index in [-0.39, 0.29) is 36.4 Å². The number of nitrogens with one attached hydrogen (secondary N) is 1. The Morgan fingerprint density at radius 1 is 1.02 bits per heavy atom.